The highest BCUT2D eigenvalue weighted by Gasteiger charge is 2.18. The van der Waals surface area contributed by atoms with Crippen molar-refractivity contribution >= 4 is 22.8 Å². The molecule has 24 heavy (non-hydrogen) atoms. The van der Waals surface area contributed by atoms with E-state index in [0.717, 1.165) is 21.8 Å². The van der Waals surface area contributed by atoms with Gasteiger partial charge in [0.15, 0.2) is 5.16 Å². The maximum absolute atomic E-state index is 5.81. The Bertz CT molecular complexity index is 977. The minimum Gasteiger partial charge on any atom is -0.419 e. The zero-order chi connectivity index (χ0) is 16.5. The summed E-state index contributed by atoms with van der Waals surface area (Å²) in [5.41, 5.74) is 4.14. The summed E-state index contributed by atoms with van der Waals surface area (Å²) >= 11 is 1.57. The maximum atomic E-state index is 5.81. The Morgan fingerprint density at radius 3 is 2.75 bits per heavy atom. The molecule has 120 valence electrons. The van der Waals surface area contributed by atoms with E-state index in [-0.39, 0.29) is 5.25 Å². The van der Waals surface area contributed by atoms with E-state index in [9.17, 15) is 0 Å². The van der Waals surface area contributed by atoms with E-state index < -0.39 is 0 Å². The summed E-state index contributed by atoms with van der Waals surface area (Å²) in [6.07, 6.45) is 0. The van der Waals surface area contributed by atoms with Crippen molar-refractivity contribution in [2.75, 3.05) is 0 Å². The minimum absolute atomic E-state index is 0.0108. The topological polar surface area (TPSA) is 67.6 Å². The number of benzene rings is 2. The maximum Gasteiger partial charge on any atom is 0.247 e. The van der Waals surface area contributed by atoms with Crippen molar-refractivity contribution in [2.24, 2.45) is 0 Å². The number of H-pyrrole nitrogens is 1. The first-order chi connectivity index (χ1) is 11.7. The van der Waals surface area contributed by atoms with Crippen LogP contribution in [0.2, 0.25) is 0 Å². The van der Waals surface area contributed by atoms with E-state index >= 15 is 0 Å². The van der Waals surface area contributed by atoms with E-state index in [4.69, 9.17) is 4.42 Å². The molecule has 4 rings (SSSR count). The molecule has 6 heteroatoms. The highest BCUT2D eigenvalue weighted by molar-refractivity contribution is 7.99. The average molecular weight is 336 g/mol. The van der Waals surface area contributed by atoms with Crippen LogP contribution in [0.15, 0.2) is 58.1 Å². The number of imidazole rings is 1. The number of aromatic amines is 1. The van der Waals surface area contributed by atoms with Gasteiger partial charge in [-0.3, -0.25) is 0 Å². The molecule has 0 fully saturated rings. The van der Waals surface area contributed by atoms with Crippen LogP contribution in [0.3, 0.4) is 0 Å². The van der Waals surface area contributed by atoms with Crippen molar-refractivity contribution in [3.8, 4) is 11.5 Å². The van der Waals surface area contributed by atoms with Crippen LogP contribution in [0.1, 0.15) is 23.6 Å². The fraction of sp³-hybridized carbons (Fsp3) is 0.167. The van der Waals surface area contributed by atoms with E-state index in [1.165, 1.54) is 5.56 Å². The molecule has 0 amide bonds. The molecule has 0 aliphatic rings. The number of nitrogens with one attached hydrogen (secondary N) is 1. The molecular weight excluding hydrogens is 320 g/mol. The molecule has 0 saturated carbocycles. The quantitative estimate of drug-likeness (QED) is 0.543. The Kier molecular flexibility index (Phi) is 3.82. The molecule has 0 bridgehead atoms. The first-order valence-electron chi connectivity index (χ1n) is 7.71. The summed E-state index contributed by atoms with van der Waals surface area (Å²) in [7, 11) is 0. The van der Waals surface area contributed by atoms with Crippen molar-refractivity contribution in [1.82, 2.24) is 20.2 Å². The molecule has 2 aromatic heterocycles. The Hall–Kier alpha value is -2.60. The number of hydrogen-bond acceptors (Lipinski definition) is 5. The highest BCUT2D eigenvalue weighted by Crippen LogP contribution is 2.34. The van der Waals surface area contributed by atoms with Crippen molar-refractivity contribution in [3.05, 3.63) is 60.0 Å². The Morgan fingerprint density at radius 1 is 1.08 bits per heavy atom. The predicted molar refractivity (Wildman–Crippen MR) is 94.8 cm³/mol. The van der Waals surface area contributed by atoms with Crippen LogP contribution in [0.4, 0.5) is 0 Å². The van der Waals surface area contributed by atoms with Crippen molar-refractivity contribution in [2.45, 2.75) is 24.3 Å². The molecule has 5 nitrogen and oxygen atoms in total. The van der Waals surface area contributed by atoms with Gasteiger partial charge < -0.3 is 9.40 Å². The molecule has 0 aliphatic heterocycles. The standard InChI is InChI=1S/C18H16N4OS/c1-11-8-9-14-15(10-11)20-18(19-14)24-12(2)16-21-22-17(23-16)13-6-4-3-5-7-13/h3-10,12H,1-2H3,(H,19,20)/t12-/m0/s1. The van der Waals surface area contributed by atoms with Gasteiger partial charge in [0.05, 0.1) is 16.3 Å². The normalized spacial score (nSPS) is 12.6. The Labute approximate surface area is 143 Å². The lowest BCUT2D eigenvalue weighted by atomic mass is 10.2. The van der Waals surface area contributed by atoms with Gasteiger partial charge in [-0.1, -0.05) is 36.0 Å². The second-order valence-corrected chi connectivity index (χ2v) is 6.96. The van der Waals surface area contributed by atoms with Crippen molar-refractivity contribution < 1.29 is 4.42 Å². The van der Waals surface area contributed by atoms with Crippen molar-refractivity contribution in [1.29, 1.82) is 0 Å². The average Bonchev–Trinajstić information content (AvgIpc) is 3.22. The number of rotatable bonds is 4. The molecule has 1 atom stereocenters. The second-order valence-electron chi connectivity index (χ2n) is 5.63. The zero-order valence-electron chi connectivity index (χ0n) is 13.4. The third-order valence-corrected chi connectivity index (χ3v) is 4.68. The van der Waals surface area contributed by atoms with Crippen molar-refractivity contribution in [3.63, 3.8) is 0 Å². The molecule has 0 spiro atoms. The summed E-state index contributed by atoms with van der Waals surface area (Å²) in [6, 6.07) is 16.0. The van der Waals surface area contributed by atoms with Gasteiger partial charge in [0.2, 0.25) is 11.8 Å². The van der Waals surface area contributed by atoms with Gasteiger partial charge in [0.1, 0.15) is 0 Å². The van der Waals surface area contributed by atoms with Gasteiger partial charge in [-0.2, -0.15) is 0 Å². The fourth-order valence-corrected chi connectivity index (χ4v) is 3.32. The van der Waals surface area contributed by atoms with Crippen LogP contribution in [0.5, 0.6) is 0 Å². The summed E-state index contributed by atoms with van der Waals surface area (Å²) in [5.74, 6) is 1.13. The summed E-state index contributed by atoms with van der Waals surface area (Å²) in [5, 5.41) is 9.18. The first kappa shape index (κ1) is 15.0. The summed E-state index contributed by atoms with van der Waals surface area (Å²) < 4.78 is 5.81. The third kappa shape index (κ3) is 2.92. The van der Waals surface area contributed by atoms with E-state index in [0.29, 0.717) is 11.8 Å². The second kappa shape index (κ2) is 6.13. The fourth-order valence-electron chi connectivity index (χ4n) is 2.47. The van der Waals surface area contributed by atoms with Gasteiger partial charge in [0, 0.05) is 5.56 Å². The third-order valence-electron chi connectivity index (χ3n) is 3.71. The number of fused-ring (bicyclic) bond motifs is 1. The van der Waals surface area contributed by atoms with Crippen LogP contribution in [0.25, 0.3) is 22.5 Å². The van der Waals surface area contributed by atoms with Gasteiger partial charge in [-0.25, -0.2) is 4.98 Å². The van der Waals surface area contributed by atoms with Crippen LogP contribution in [-0.4, -0.2) is 20.2 Å². The summed E-state index contributed by atoms with van der Waals surface area (Å²) in [4.78, 5) is 7.94. The smallest absolute Gasteiger partial charge is 0.247 e. The van der Waals surface area contributed by atoms with Gasteiger partial charge in [-0.05, 0) is 43.7 Å². The number of aryl methyl sites for hydroxylation is 1. The van der Waals surface area contributed by atoms with E-state index in [1.54, 1.807) is 11.8 Å². The van der Waals surface area contributed by atoms with Crippen LogP contribution < -0.4 is 0 Å². The molecular formula is C18H16N4OS. The highest BCUT2D eigenvalue weighted by atomic mass is 32.2. The molecule has 0 unspecified atom stereocenters. The number of nitrogens with zero attached hydrogens (tertiary/aromatic N) is 3. The van der Waals surface area contributed by atoms with Gasteiger partial charge >= 0.3 is 0 Å². The number of hydrogen-bond donors (Lipinski definition) is 1. The van der Waals surface area contributed by atoms with Crippen LogP contribution in [0, 0.1) is 6.92 Å². The zero-order valence-corrected chi connectivity index (χ0v) is 14.2. The molecule has 4 aromatic rings. The Balaban J connectivity index is 1.55. The Morgan fingerprint density at radius 2 is 1.92 bits per heavy atom. The lowest BCUT2D eigenvalue weighted by Crippen LogP contribution is -1.89. The first-order valence-corrected chi connectivity index (χ1v) is 8.59. The molecule has 1 N–H and O–H groups in total. The van der Waals surface area contributed by atoms with Gasteiger partial charge in [-0.15, -0.1) is 10.2 Å². The summed E-state index contributed by atoms with van der Waals surface area (Å²) in [6.45, 7) is 4.10. The molecule has 0 aliphatic carbocycles. The lowest BCUT2D eigenvalue weighted by Gasteiger charge is -2.02. The van der Waals surface area contributed by atoms with Gasteiger partial charge in [0.25, 0.3) is 0 Å². The number of aromatic nitrogens is 4. The van der Waals surface area contributed by atoms with E-state index in [2.05, 4.69) is 39.2 Å². The number of thioether (sulfide) groups is 1. The predicted octanol–water partition coefficient (Wildman–Crippen LogP) is 4.77. The molecule has 2 aromatic carbocycles. The van der Waals surface area contributed by atoms with E-state index in [1.807, 2.05) is 43.3 Å². The largest absolute Gasteiger partial charge is 0.419 e. The SMILES string of the molecule is Cc1ccc2nc(S[C@@H](C)c3nnc(-c4ccccc4)o3)[nH]c2c1. The molecule has 2 heterocycles. The monoisotopic (exact) mass is 336 g/mol. The minimum atomic E-state index is 0.0108. The molecule has 0 radical (unpaired) electrons. The van der Waals surface area contributed by atoms with Crippen LogP contribution in [-0.2, 0) is 0 Å². The lowest BCUT2D eigenvalue weighted by molar-refractivity contribution is 0.509. The van der Waals surface area contributed by atoms with Crippen LogP contribution >= 0.6 is 11.8 Å². The molecule has 0 saturated heterocycles.